The summed E-state index contributed by atoms with van der Waals surface area (Å²) in [6.45, 7) is 1.53. The minimum absolute atomic E-state index is 0.0297. The number of nitrogens with two attached hydrogens (primary N) is 1. The Bertz CT molecular complexity index is 837. The minimum Gasteiger partial charge on any atom is -0.479 e. The Kier molecular flexibility index (Phi) is 6.09. The van der Waals surface area contributed by atoms with Crippen LogP contribution < -0.4 is 11.1 Å². The van der Waals surface area contributed by atoms with E-state index in [0.29, 0.717) is 0 Å². The van der Waals surface area contributed by atoms with Gasteiger partial charge in [0.25, 0.3) is 11.8 Å². The van der Waals surface area contributed by atoms with Crippen molar-refractivity contribution in [2.75, 3.05) is 18.9 Å². The third-order valence-electron chi connectivity index (χ3n) is 3.48. The third kappa shape index (κ3) is 4.49. The van der Waals surface area contributed by atoms with Crippen molar-refractivity contribution in [3.05, 3.63) is 5.82 Å². The highest BCUT2D eigenvalue weighted by Crippen LogP contribution is 2.32. The second kappa shape index (κ2) is 8.13. The fraction of sp³-hybridized carbons (Fsp3) is 0.462. The van der Waals surface area contributed by atoms with Crippen LogP contribution in [-0.4, -0.2) is 78.9 Å². The molecule has 0 spiro atoms. The summed E-state index contributed by atoms with van der Waals surface area (Å²) in [7, 11) is 0. The summed E-state index contributed by atoms with van der Waals surface area (Å²) in [6.07, 6.45) is 0. The number of nitrogen functional groups attached to an aromatic ring is 1. The van der Waals surface area contributed by atoms with Gasteiger partial charge < -0.3 is 26.1 Å². The molecule has 1 unspecified atom stereocenters. The standard InChI is InChI=1S/C13H16N6O8S/c1-13(2)8(11(25)19(13)27-4-6(22)23)15-10(24)7(17-26-3-5(20)21)9-16-12(14)28-18-9/h8H,3-4H2,1-2H3,(H,15,24)(H,20,21)(H,22,23)(H2,14,16,18). The molecule has 1 aliphatic heterocycles. The van der Waals surface area contributed by atoms with E-state index >= 15 is 0 Å². The number of oxime groups is 1. The molecule has 1 aromatic rings. The molecule has 2 heterocycles. The summed E-state index contributed by atoms with van der Waals surface area (Å²) in [5, 5.41) is 23.9. The van der Waals surface area contributed by atoms with Gasteiger partial charge in [-0.1, -0.05) is 5.16 Å². The Morgan fingerprint density at radius 3 is 2.46 bits per heavy atom. The molecule has 15 heteroatoms. The van der Waals surface area contributed by atoms with Crippen LogP contribution in [-0.2, 0) is 28.9 Å². The monoisotopic (exact) mass is 416 g/mol. The Morgan fingerprint density at radius 2 is 1.96 bits per heavy atom. The number of hydroxylamine groups is 2. The lowest BCUT2D eigenvalue weighted by Crippen LogP contribution is -2.76. The van der Waals surface area contributed by atoms with Gasteiger partial charge in [0.05, 0.1) is 5.54 Å². The first kappa shape index (κ1) is 21.0. The number of anilines is 1. The molecule has 0 saturated carbocycles. The van der Waals surface area contributed by atoms with E-state index in [1.165, 1.54) is 13.8 Å². The number of β-lactam (4-membered cyclic amide) rings is 1. The van der Waals surface area contributed by atoms with E-state index in [2.05, 4.69) is 24.7 Å². The second-order valence-electron chi connectivity index (χ2n) is 5.92. The molecule has 1 aromatic heterocycles. The van der Waals surface area contributed by atoms with Crippen molar-refractivity contribution >= 4 is 46.1 Å². The van der Waals surface area contributed by atoms with E-state index in [4.69, 9.17) is 20.8 Å². The topological polar surface area (TPSA) is 207 Å². The highest BCUT2D eigenvalue weighted by Gasteiger charge is 2.56. The number of nitrogens with one attached hydrogen (secondary N) is 1. The largest absolute Gasteiger partial charge is 0.479 e. The van der Waals surface area contributed by atoms with Gasteiger partial charge in [-0.15, -0.1) is 0 Å². The van der Waals surface area contributed by atoms with Crippen molar-refractivity contribution in [3.63, 3.8) is 0 Å². The van der Waals surface area contributed by atoms with Crippen molar-refractivity contribution in [2.45, 2.75) is 25.4 Å². The highest BCUT2D eigenvalue weighted by atomic mass is 32.1. The van der Waals surface area contributed by atoms with Crippen LogP contribution in [0.1, 0.15) is 19.7 Å². The zero-order valence-corrected chi connectivity index (χ0v) is 15.4. The summed E-state index contributed by atoms with van der Waals surface area (Å²) < 4.78 is 3.81. The number of amides is 2. The van der Waals surface area contributed by atoms with E-state index in [0.717, 1.165) is 16.6 Å². The van der Waals surface area contributed by atoms with Crippen LogP contribution in [0.4, 0.5) is 5.13 Å². The fourth-order valence-corrected chi connectivity index (χ4v) is 2.64. The predicted octanol–water partition coefficient (Wildman–Crippen LogP) is -1.95. The molecule has 1 saturated heterocycles. The molecular formula is C13H16N6O8S. The number of aromatic nitrogens is 2. The zero-order valence-electron chi connectivity index (χ0n) is 14.6. The molecule has 2 rings (SSSR count). The number of nitrogens with zero attached hydrogens (tertiary/aromatic N) is 4. The van der Waals surface area contributed by atoms with E-state index in [1.807, 2.05) is 0 Å². The molecule has 0 radical (unpaired) electrons. The van der Waals surface area contributed by atoms with Gasteiger partial charge >= 0.3 is 11.9 Å². The molecule has 0 bridgehead atoms. The first-order chi connectivity index (χ1) is 13.0. The Balaban J connectivity index is 2.14. The smallest absolute Gasteiger partial charge is 0.344 e. The van der Waals surface area contributed by atoms with Crippen molar-refractivity contribution in [3.8, 4) is 0 Å². The van der Waals surface area contributed by atoms with Crippen molar-refractivity contribution in [1.82, 2.24) is 19.7 Å². The summed E-state index contributed by atoms with van der Waals surface area (Å²) >= 11 is 0.772. The maximum absolute atomic E-state index is 12.5. The van der Waals surface area contributed by atoms with Crippen LogP contribution in [0.2, 0.25) is 0 Å². The van der Waals surface area contributed by atoms with Crippen LogP contribution >= 0.6 is 11.5 Å². The van der Waals surface area contributed by atoms with Crippen LogP contribution in [0, 0.1) is 0 Å². The summed E-state index contributed by atoms with van der Waals surface area (Å²) in [5.74, 6) is -4.42. The average molecular weight is 416 g/mol. The molecule has 152 valence electrons. The molecule has 5 N–H and O–H groups in total. The number of hydrogen-bond donors (Lipinski definition) is 4. The Hall–Kier alpha value is -3.33. The predicted molar refractivity (Wildman–Crippen MR) is 90.9 cm³/mol. The molecule has 0 aromatic carbocycles. The molecule has 1 fully saturated rings. The van der Waals surface area contributed by atoms with E-state index in [1.54, 1.807) is 0 Å². The molecule has 28 heavy (non-hydrogen) atoms. The van der Waals surface area contributed by atoms with Crippen LogP contribution in [0.25, 0.3) is 0 Å². The first-order valence-corrected chi connectivity index (χ1v) is 8.32. The first-order valence-electron chi connectivity index (χ1n) is 7.55. The lowest BCUT2D eigenvalue weighted by atomic mass is 9.84. The number of rotatable bonds is 9. The van der Waals surface area contributed by atoms with Gasteiger partial charge in [0.2, 0.25) is 18.1 Å². The van der Waals surface area contributed by atoms with Gasteiger partial charge in [0.1, 0.15) is 6.04 Å². The van der Waals surface area contributed by atoms with Crippen LogP contribution in [0.15, 0.2) is 5.16 Å². The normalized spacial score (nSPS) is 18.4. The lowest BCUT2D eigenvalue weighted by molar-refractivity contribution is -0.257. The Labute approximate surface area is 161 Å². The van der Waals surface area contributed by atoms with Gasteiger partial charge in [-0.3, -0.25) is 14.4 Å². The van der Waals surface area contributed by atoms with Gasteiger partial charge in [-0.25, -0.2) is 14.7 Å². The fourth-order valence-electron chi connectivity index (χ4n) is 2.21. The van der Waals surface area contributed by atoms with Gasteiger partial charge in [-0.05, 0) is 13.8 Å². The van der Waals surface area contributed by atoms with Crippen LogP contribution in [0.3, 0.4) is 0 Å². The quantitative estimate of drug-likeness (QED) is 0.197. The SMILES string of the molecule is CC1(C)C(NC(=O)C(=NOCC(=O)O)c2nsc(N)n2)C(=O)N1OCC(=O)O. The minimum atomic E-state index is -1.32. The number of carbonyl (C=O) groups is 4. The zero-order chi connectivity index (χ0) is 21.1. The number of aliphatic carboxylic acids is 2. The third-order valence-corrected chi connectivity index (χ3v) is 4.02. The summed E-state index contributed by atoms with van der Waals surface area (Å²) in [4.78, 5) is 59.1. The van der Waals surface area contributed by atoms with Crippen LogP contribution in [0.5, 0.6) is 0 Å². The van der Waals surface area contributed by atoms with Gasteiger partial charge in [0.15, 0.2) is 11.7 Å². The molecule has 2 amide bonds. The molecule has 1 aliphatic rings. The van der Waals surface area contributed by atoms with Crippen molar-refractivity contribution in [1.29, 1.82) is 0 Å². The number of carboxylic acid groups (broad SMARTS) is 2. The number of carboxylic acids is 2. The maximum Gasteiger partial charge on any atom is 0.344 e. The molecule has 14 nitrogen and oxygen atoms in total. The van der Waals surface area contributed by atoms with Crippen molar-refractivity contribution < 1.29 is 39.1 Å². The maximum atomic E-state index is 12.5. The Morgan fingerprint density at radius 1 is 1.32 bits per heavy atom. The van der Waals surface area contributed by atoms with E-state index < -0.39 is 54.3 Å². The average Bonchev–Trinajstić information content (AvgIpc) is 3.01. The van der Waals surface area contributed by atoms with Gasteiger partial charge in [0, 0.05) is 11.5 Å². The summed E-state index contributed by atoms with van der Waals surface area (Å²) in [5.41, 5.74) is 3.92. The molecule has 1 atom stereocenters. The lowest BCUT2D eigenvalue weighted by Gasteiger charge is -2.51. The number of carbonyl (C=O) groups excluding carboxylic acids is 2. The van der Waals surface area contributed by atoms with Crippen molar-refractivity contribution in [2.24, 2.45) is 5.16 Å². The van der Waals surface area contributed by atoms with E-state index in [-0.39, 0.29) is 11.0 Å². The van der Waals surface area contributed by atoms with E-state index in [9.17, 15) is 19.2 Å². The second-order valence-corrected chi connectivity index (χ2v) is 6.71. The molecular weight excluding hydrogens is 400 g/mol. The summed E-state index contributed by atoms with van der Waals surface area (Å²) in [6, 6.07) is -1.07. The molecule has 0 aliphatic carbocycles. The number of hydrogen-bond acceptors (Lipinski definition) is 11. The van der Waals surface area contributed by atoms with Gasteiger partial charge in [-0.2, -0.15) is 9.36 Å². The highest BCUT2D eigenvalue weighted by molar-refractivity contribution is 7.09.